The van der Waals surface area contributed by atoms with Gasteiger partial charge in [-0.05, 0) is 36.6 Å². The summed E-state index contributed by atoms with van der Waals surface area (Å²) in [5.41, 5.74) is 0.880. The van der Waals surface area contributed by atoms with Crippen molar-refractivity contribution in [1.29, 1.82) is 0 Å². The van der Waals surface area contributed by atoms with Crippen LogP contribution in [0.1, 0.15) is 32.3 Å². The van der Waals surface area contributed by atoms with Crippen LogP contribution in [0.2, 0.25) is 0 Å². The second kappa shape index (κ2) is 9.60. The lowest BCUT2D eigenvalue weighted by atomic mass is 10.2. The van der Waals surface area contributed by atoms with Crippen molar-refractivity contribution in [1.82, 2.24) is 5.32 Å². The van der Waals surface area contributed by atoms with E-state index in [2.05, 4.69) is 10.1 Å². The van der Waals surface area contributed by atoms with Crippen molar-refractivity contribution in [3.05, 3.63) is 35.9 Å². The van der Waals surface area contributed by atoms with E-state index >= 15 is 0 Å². The van der Waals surface area contributed by atoms with E-state index in [1.54, 1.807) is 13.0 Å². The maximum Gasteiger partial charge on any atom is 0.328 e. The van der Waals surface area contributed by atoms with E-state index in [1.165, 1.54) is 13.2 Å². The lowest BCUT2D eigenvalue weighted by molar-refractivity contribution is -0.144. The van der Waals surface area contributed by atoms with E-state index in [9.17, 15) is 9.59 Å². The summed E-state index contributed by atoms with van der Waals surface area (Å²) in [7, 11) is 1.30. The van der Waals surface area contributed by atoms with E-state index in [4.69, 9.17) is 4.74 Å². The summed E-state index contributed by atoms with van der Waals surface area (Å²) in [6.45, 7) is 4.54. The first-order valence-corrected chi connectivity index (χ1v) is 7.40. The third-order valence-corrected chi connectivity index (χ3v) is 2.99. The van der Waals surface area contributed by atoms with Crippen LogP contribution in [0.3, 0.4) is 0 Å². The monoisotopic (exact) mass is 305 g/mol. The number of amides is 1. The minimum absolute atomic E-state index is 0.330. The van der Waals surface area contributed by atoms with E-state index < -0.39 is 12.0 Å². The molecule has 120 valence electrons. The predicted octanol–water partition coefficient (Wildman–Crippen LogP) is 2.56. The van der Waals surface area contributed by atoms with Crippen LogP contribution in [0.5, 0.6) is 5.75 Å². The van der Waals surface area contributed by atoms with Gasteiger partial charge in [0.2, 0.25) is 5.91 Å². The molecule has 0 aliphatic carbocycles. The number of rotatable bonds is 8. The van der Waals surface area contributed by atoms with Gasteiger partial charge in [-0.2, -0.15) is 0 Å². The molecule has 0 spiro atoms. The Bertz CT molecular complexity index is 508. The molecule has 1 amide bonds. The summed E-state index contributed by atoms with van der Waals surface area (Å²) in [5, 5.41) is 2.60. The van der Waals surface area contributed by atoms with Crippen molar-refractivity contribution >= 4 is 18.0 Å². The highest BCUT2D eigenvalue weighted by atomic mass is 16.5. The molecule has 5 nitrogen and oxygen atoms in total. The Kier molecular flexibility index (Phi) is 7.75. The molecule has 0 saturated carbocycles. The van der Waals surface area contributed by atoms with Gasteiger partial charge in [-0.15, -0.1) is 0 Å². The second-order valence-electron chi connectivity index (χ2n) is 4.74. The van der Waals surface area contributed by atoms with Gasteiger partial charge in [-0.25, -0.2) is 4.79 Å². The number of benzene rings is 1. The standard InChI is InChI=1S/C17H23NO4/c1-4-12-22-14-9-6-13(7-10-14)8-11-16(19)18-15(5-2)17(20)21-3/h6-11,15H,4-5,12H2,1-3H3,(H,18,19)/b11-8+. The number of carbonyl (C=O) groups is 2. The van der Waals surface area contributed by atoms with E-state index in [0.29, 0.717) is 13.0 Å². The van der Waals surface area contributed by atoms with Gasteiger partial charge in [-0.1, -0.05) is 26.0 Å². The highest BCUT2D eigenvalue weighted by Gasteiger charge is 2.17. The highest BCUT2D eigenvalue weighted by Crippen LogP contribution is 2.13. The van der Waals surface area contributed by atoms with Crippen molar-refractivity contribution in [2.24, 2.45) is 0 Å². The normalized spacial score (nSPS) is 12.0. The summed E-state index contributed by atoms with van der Waals surface area (Å²) in [6.07, 6.45) is 4.52. The maximum absolute atomic E-state index is 11.8. The Labute approximate surface area is 131 Å². The van der Waals surface area contributed by atoms with Crippen molar-refractivity contribution in [2.75, 3.05) is 13.7 Å². The fourth-order valence-corrected chi connectivity index (χ4v) is 1.76. The molecule has 1 atom stereocenters. The van der Waals surface area contributed by atoms with Crippen LogP contribution in [0.15, 0.2) is 30.3 Å². The molecular formula is C17H23NO4. The molecule has 1 aromatic carbocycles. The molecule has 0 aromatic heterocycles. The van der Waals surface area contributed by atoms with E-state index in [0.717, 1.165) is 17.7 Å². The first kappa shape index (κ1) is 17.8. The zero-order valence-corrected chi connectivity index (χ0v) is 13.3. The highest BCUT2D eigenvalue weighted by molar-refractivity contribution is 5.94. The van der Waals surface area contributed by atoms with Crippen LogP contribution < -0.4 is 10.1 Å². The van der Waals surface area contributed by atoms with Crippen molar-refractivity contribution in [2.45, 2.75) is 32.7 Å². The van der Waals surface area contributed by atoms with Gasteiger partial charge < -0.3 is 14.8 Å². The molecule has 1 rings (SSSR count). The average Bonchev–Trinajstić information content (AvgIpc) is 2.56. The molecule has 0 bridgehead atoms. The number of hydrogen-bond acceptors (Lipinski definition) is 4. The molecule has 0 aliphatic heterocycles. The molecular weight excluding hydrogens is 282 g/mol. The van der Waals surface area contributed by atoms with Crippen LogP contribution in [0.4, 0.5) is 0 Å². The summed E-state index contributed by atoms with van der Waals surface area (Å²) in [6, 6.07) is 6.83. The number of esters is 1. The van der Waals surface area contributed by atoms with Crippen molar-refractivity contribution in [3.8, 4) is 5.75 Å². The molecule has 0 aliphatic rings. The largest absolute Gasteiger partial charge is 0.494 e. The number of methoxy groups -OCH3 is 1. The topological polar surface area (TPSA) is 64.6 Å². The third-order valence-electron chi connectivity index (χ3n) is 2.99. The number of nitrogens with one attached hydrogen (secondary N) is 1. The van der Waals surface area contributed by atoms with Crippen molar-refractivity contribution < 1.29 is 19.1 Å². The fourth-order valence-electron chi connectivity index (χ4n) is 1.76. The van der Waals surface area contributed by atoms with Crippen LogP contribution in [-0.4, -0.2) is 31.6 Å². The molecule has 0 heterocycles. The summed E-state index contributed by atoms with van der Waals surface area (Å²) in [4.78, 5) is 23.2. The van der Waals surface area contributed by atoms with Gasteiger partial charge in [0.25, 0.3) is 0 Å². The third kappa shape index (κ3) is 5.99. The molecule has 0 fully saturated rings. The molecule has 1 unspecified atom stereocenters. The van der Waals surface area contributed by atoms with Gasteiger partial charge >= 0.3 is 5.97 Å². The summed E-state index contributed by atoms with van der Waals surface area (Å²) in [5.74, 6) is 0.0328. The average molecular weight is 305 g/mol. The van der Waals surface area contributed by atoms with E-state index in [1.807, 2.05) is 31.2 Å². The second-order valence-corrected chi connectivity index (χ2v) is 4.74. The number of hydrogen-bond donors (Lipinski definition) is 1. The van der Waals surface area contributed by atoms with Crippen LogP contribution >= 0.6 is 0 Å². The zero-order chi connectivity index (χ0) is 16.4. The molecule has 0 radical (unpaired) electrons. The van der Waals surface area contributed by atoms with Crippen LogP contribution in [0, 0.1) is 0 Å². The van der Waals surface area contributed by atoms with Gasteiger partial charge in [-0.3, -0.25) is 4.79 Å². The van der Waals surface area contributed by atoms with Crippen molar-refractivity contribution in [3.63, 3.8) is 0 Å². The lowest BCUT2D eigenvalue weighted by Crippen LogP contribution is -2.40. The zero-order valence-electron chi connectivity index (χ0n) is 13.3. The van der Waals surface area contributed by atoms with Gasteiger partial charge in [0.05, 0.1) is 13.7 Å². The molecule has 0 saturated heterocycles. The Morgan fingerprint density at radius 2 is 1.91 bits per heavy atom. The first-order chi connectivity index (χ1) is 10.6. The molecule has 5 heteroatoms. The van der Waals surface area contributed by atoms with Crippen LogP contribution in [-0.2, 0) is 14.3 Å². The van der Waals surface area contributed by atoms with Gasteiger partial charge in [0, 0.05) is 6.08 Å². The Morgan fingerprint density at radius 1 is 1.23 bits per heavy atom. The quantitative estimate of drug-likeness (QED) is 0.592. The molecule has 22 heavy (non-hydrogen) atoms. The molecule has 1 aromatic rings. The molecule has 1 N–H and O–H groups in total. The van der Waals surface area contributed by atoms with E-state index in [-0.39, 0.29) is 5.91 Å². The number of ether oxygens (including phenoxy) is 2. The maximum atomic E-state index is 11.8. The first-order valence-electron chi connectivity index (χ1n) is 7.40. The minimum Gasteiger partial charge on any atom is -0.494 e. The Balaban J connectivity index is 2.56. The Hall–Kier alpha value is -2.30. The van der Waals surface area contributed by atoms with Gasteiger partial charge in [0.15, 0.2) is 0 Å². The van der Waals surface area contributed by atoms with Gasteiger partial charge in [0.1, 0.15) is 11.8 Å². The lowest BCUT2D eigenvalue weighted by Gasteiger charge is -2.12. The number of carbonyl (C=O) groups excluding carboxylic acids is 2. The smallest absolute Gasteiger partial charge is 0.328 e. The minimum atomic E-state index is -0.619. The summed E-state index contributed by atoms with van der Waals surface area (Å²) < 4.78 is 10.1. The Morgan fingerprint density at radius 3 is 2.45 bits per heavy atom. The SMILES string of the molecule is CCCOc1ccc(/C=C/C(=O)NC(CC)C(=O)OC)cc1. The fraction of sp³-hybridized carbons (Fsp3) is 0.412. The predicted molar refractivity (Wildman–Crippen MR) is 85.5 cm³/mol. The van der Waals surface area contributed by atoms with Crippen LogP contribution in [0.25, 0.3) is 6.08 Å². The summed E-state index contributed by atoms with van der Waals surface area (Å²) >= 11 is 0.